The number of pyridine rings is 1. The molecule has 2 amide bonds. The average molecular weight is 209 g/mol. The number of urea groups is 1. The van der Waals surface area contributed by atoms with Gasteiger partial charge in [-0.3, -0.25) is 10.2 Å². The van der Waals surface area contributed by atoms with Crippen molar-refractivity contribution in [3.8, 4) is 0 Å². The minimum atomic E-state index is -0.677. The lowest BCUT2D eigenvalue weighted by Gasteiger charge is -2.18. The molecule has 7 nitrogen and oxygen atoms in total. The Hall–Kier alpha value is -2.15. The minimum Gasteiger partial charge on any atom is -0.369 e. The third kappa shape index (κ3) is 2.64. The van der Waals surface area contributed by atoms with Crippen LogP contribution in [0.25, 0.3) is 0 Å². The smallest absolute Gasteiger partial charge is 0.353 e. The summed E-state index contributed by atoms with van der Waals surface area (Å²) in [5.41, 5.74) is 7.30. The molecule has 0 saturated carbocycles. The van der Waals surface area contributed by atoms with Crippen LogP contribution >= 0.6 is 0 Å². The Morgan fingerprint density at radius 2 is 2.40 bits per heavy atom. The standard InChI is InChI=1S/C8H11N5O2/c1-15-12-8(14)13(7(9)10)6-4-2-3-5-11-6/h2-5H,1H3,(H3,9,10)(H,12,14). The molecule has 0 aliphatic rings. The highest BCUT2D eigenvalue weighted by Gasteiger charge is 2.19. The molecule has 0 aliphatic carbocycles. The summed E-state index contributed by atoms with van der Waals surface area (Å²) < 4.78 is 0. The van der Waals surface area contributed by atoms with Gasteiger partial charge < -0.3 is 5.73 Å². The van der Waals surface area contributed by atoms with Gasteiger partial charge >= 0.3 is 6.03 Å². The number of hydroxylamine groups is 1. The van der Waals surface area contributed by atoms with Crippen molar-refractivity contribution in [2.24, 2.45) is 5.73 Å². The van der Waals surface area contributed by atoms with E-state index in [0.29, 0.717) is 0 Å². The first-order valence-corrected chi connectivity index (χ1v) is 4.05. The number of anilines is 1. The van der Waals surface area contributed by atoms with E-state index < -0.39 is 12.0 Å². The van der Waals surface area contributed by atoms with Crippen molar-refractivity contribution in [2.45, 2.75) is 0 Å². The van der Waals surface area contributed by atoms with E-state index in [2.05, 4.69) is 15.3 Å². The molecule has 15 heavy (non-hydrogen) atoms. The largest absolute Gasteiger partial charge is 0.369 e. The fraction of sp³-hybridized carbons (Fsp3) is 0.125. The normalized spacial score (nSPS) is 9.40. The zero-order valence-corrected chi connectivity index (χ0v) is 8.10. The Labute approximate surface area is 86.3 Å². The molecule has 0 radical (unpaired) electrons. The molecule has 1 rings (SSSR count). The summed E-state index contributed by atoms with van der Waals surface area (Å²) in [4.78, 5) is 20.6. The van der Waals surface area contributed by atoms with Crippen molar-refractivity contribution in [2.75, 3.05) is 12.0 Å². The highest BCUT2D eigenvalue weighted by Crippen LogP contribution is 2.08. The molecule has 0 spiro atoms. The summed E-state index contributed by atoms with van der Waals surface area (Å²) in [5.74, 6) is -0.192. The van der Waals surface area contributed by atoms with Gasteiger partial charge in [-0.1, -0.05) is 6.07 Å². The fourth-order valence-electron chi connectivity index (χ4n) is 0.956. The van der Waals surface area contributed by atoms with E-state index in [1.807, 2.05) is 0 Å². The lowest BCUT2D eigenvalue weighted by Crippen LogP contribution is -2.47. The predicted octanol–water partition coefficient (Wildman–Crippen LogP) is 0.0525. The number of nitrogens with one attached hydrogen (secondary N) is 2. The number of nitrogens with zero attached hydrogens (tertiary/aromatic N) is 2. The summed E-state index contributed by atoms with van der Waals surface area (Å²) in [6.07, 6.45) is 1.49. The number of rotatable bonds is 2. The quantitative estimate of drug-likeness (QED) is 0.363. The zero-order chi connectivity index (χ0) is 11.3. The van der Waals surface area contributed by atoms with Gasteiger partial charge in [-0.15, -0.1) is 0 Å². The molecule has 4 N–H and O–H groups in total. The number of carbonyl (C=O) groups excluding carboxylic acids is 1. The van der Waals surface area contributed by atoms with Crippen LogP contribution < -0.4 is 16.1 Å². The Balaban J connectivity index is 2.94. The van der Waals surface area contributed by atoms with Crippen LogP contribution in [0.15, 0.2) is 24.4 Å². The predicted molar refractivity (Wildman–Crippen MR) is 54.2 cm³/mol. The van der Waals surface area contributed by atoms with Crippen LogP contribution in [0.1, 0.15) is 0 Å². The summed E-state index contributed by atoms with van der Waals surface area (Å²) in [7, 11) is 1.29. The lowest BCUT2D eigenvalue weighted by molar-refractivity contribution is 0.112. The van der Waals surface area contributed by atoms with Crippen molar-refractivity contribution < 1.29 is 9.63 Å². The van der Waals surface area contributed by atoms with Crippen molar-refractivity contribution in [3.05, 3.63) is 24.4 Å². The molecule has 0 saturated heterocycles. The van der Waals surface area contributed by atoms with Crippen molar-refractivity contribution in [1.82, 2.24) is 10.5 Å². The summed E-state index contributed by atoms with van der Waals surface area (Å²) in [5, 5.41) is 7.25. The van der Waals surface area contributed by atoms with E-state index in [1.54, 1.807) is 18.2 Å². The molecule has 0 fully saturated rings. The molecule has 0 bridgehead atoms. The topological polar surface area (TPSA) is 104 Å². The maximum atomic E-state index is 11.4. The van der Waals surface area contributed by atoms with Crippen LogP contribution in [-0.4, -0.2) is 24.1 Å². The third-order valence-electron chi connectivity index (χ3n) is 1.51. The Morgan fingerprint density at radius 3 is 2.87 bits per heavy atom. The number of guanidine groups is 1. The van der Waals surface area contributed by atoms with Gasteiger partial charge in [0.15, 0.2) is 0 Å². The van der Waals surface area contributed by atoms with Gasteiger partial charge in [-0.2, -0.15) is 0 Å². The number of aromatic nitrogens is 1. The highest BCUT2D eigenvalue weighted by atomic mass is 16.6. The third-order valence-corrected chi connectivity index (χ3v) is 1.51. The maximum Gasteiger partial charge on any atom is 0.353 e. The van der Waals surface area contributed by atoms with Gasteiger partial charge in [0.25, 0.3) is 0 Å². The first kappa shape index (κ1) is 10.9. The molecule has 0 aliphatic heterocycles. The summed E-state index contributed by atoms with van der Waals surface area (Å²) >= 11 is 0. The van der Waals surface area contributed by atoms with Crippen LogP contribution in [0.5, 0.6) is 0 Å². The molecule has 80 valence electrons. The van der Waals surface area contributed by atoms with Gasteiger partial charge in [-0.25, -0.2) is 20.2 Å². The molecular formula is C8H11N5O2. The monoisotopic (exact) mass is 209 g/mol. The van der Waals surface area contributed by atoms with E-state index in [-0.39, 0.29) is 5.82 Å². The molecule has 0 unspecified atom stereocenters. The summed E-state index contributed by atoms with van der Waals surface area (Å²) in [6, 6.07) is 4.24. The Kier molecular flexibility index (Phi) is 3.58. The average Bonchev–Trinajstić information content (AvgIpc) is 2.19. The molecule has 0 atom stereocenters. The van der Waals surface area contributed by atoms with Gasteiger partial charge in [0.05, 0.1) is 7.11 Å². The molecule has 1 aromatic heterocycles. The number of hydrogen-bond donors (Lipinski definition) is 3. The SMILES string of the molecule is CONC(=O)N(C(=N)N)c1ccccn1. The van der Waals surface area contributed by atoms with Crippen molar-refractivity contribution >= 4 is 17.8 Å². The van der Waals surface area contributed by atoms with E-state index in [4.69, 9.17) is 11.1 Å². The van der Waals surface area contributed by atoms with E-state index in [1.165, 1.54) is 13.3 Å². The number of amides is 2. The fourth-order valence-corrected chi connectivity index (χ4v) is 0.956. The molecule has 0 aromatic carbocycles. The van der Waals surface area contributed by atoms with Gasteiger partial charge in [0.1, 0.15) is 5.82 Å². The van der Waals surface area contributed by atoms with Crippen molar-refractivity contribution in [3.63, 3.8) is 0 Å². The van der Waals surface area contributed by atoms with Crippen LogP contribution in [0, 0.1) is 5.41 Å². The number of hydrogen-bond acceptors (Lipinski definition) is 4. The molecule has 1 aromatic rings. The zero-order valence-electron chi connectivity index (χ0n) is 8.10. The van der Waals surface area contributed by atoms with Crippen LogP contribution in [0.2, 0.25) is 0 Å². The van der Waals surface area contributed by atoms with E-state index in [9.17, 15) is 4.79 Å². The second-order valence-corrected chi connectivity index (χ2v) is 2.52. The second kappa shape index (κ2) is 4.91. The van der Waals surface area contributed by atoms with Crippen LogP contribution in [-0.2, 0) is 4.84 Å². The summed E-state index contributed by atoms with van der Waals surface area (Å²) in [6.45, 7) is 0. The first-order chi connectivity index (χ1) is 7.16. The second-order valence-electron chi connectivity index (χ2n) is 2.52. The van der Waals surface area contributed by atoms with E-state index in [0.717, 1.165) is 4.90 Å². The van der Waals surface area contributed by atoms with Gasteiger partial charge in [0, 0.05) is 6.20 Å². The van der Waals surface area contributed by atoms with Crippen LogP contribution in [0.3, 0.4) is 0 Å². The molecular weight excluding hydrogens is 198 g/mol. The number of carbonyl (C=O) groups is 1. The molecule has 7 heteroatoms. The first-order valence-electron chi connectivity index (χ1n) is 4.05. The van der Waals surface area contributed by atoms with Crippen molar-refractivity contribution in [1.29, 1.82) is 5.41 Å². The lowest BCUT2D eigenvalue weighted by atomic mass is 10.4. The van der Waals surface area contributed by atoms with Gasteiger partial charge in [0.2, 0.25) is 5.96 Å². The Morgan fingerprint density at radius 1 is 1.67 bits per heavy atom. The number of nitrogens with two attached hydrogens (primary N) is 1. The van der Waals surface area contributed by atoms with Crippen LogP contribution in [0.4, 0.5) is 10.6 Å². The maximum absolute atomic E-state index is 11.4. The molecule has 1 heterocycles. The van der Waals surface area contributed by atoms with E-state index >= 15 is 0 Å². The van der Waals surface area contributed by atoms with Gasteiger partial charge in [-0.05, 0) is 12.1 Å². The Bertz CT molecular complexity index is 353. The minimum absolute atomic E-state index is 0.250. The highest BCUT2D eigenvalue weighted by molar-refractivity contribution is 6.12.